The second kappa shape index (κ2) is 18.0. The van der Waals surface area contributed by atoms with Crippen LogP contribution >= 0.6 is 0 Å². The van der Waals surface area contributed by atoms with E-state index < -0.39 is 5.97 Å². The van der Waals surface area contributed by atoms with Crippen LogP contribution in [0.5, 0.6) is 0 Å². The molecule has 0 aromatic carbocycles. The van der Waals surface area contributed by atoms with E-state index in [-0.39, 0.29) is 0 Å². The Kier molecular flexibility index (Phi) is 17.1. The van der Waals surface area contributed by atoms with Crippen LogP contribution in [0.2, 0.25) is 0 Å². The van der Waals surface area contributed by atoms with Crippen LogP contribution in [0.15, 0.2) is 24.3 Å². The van der Waals surface area contributed by atoms with Gasteiger partial charge >= 0.3 is 5.97 Å². The maximum Gasteiger partial charge on any atom is 0.303 e. The summed E-state index contributed by atoms with van der Waals surface area (Å²) in [5, 5.41) is 8.52. The second-order valence-electron chi connectivity index (χ2n) is 6.11. The number of carboxylic acid groups (broad SMARTS) is 1. The second-order valence-corrected chi connectivity index (χ2v) is 6.11. The molecule has 0 spiro atoms. The monoisotopic (exact) mass is 308 g/mol. The number of hydrogen-bond acceptors (Lipinski definition) is 1. The zero-order chi connectivity index (χ0) is 16.3. The van der Waals surface area contributed by atoms with Crippen molar-refractivity contribution in [2.24, 2.45) is 0 Å². The fourth-order valence-electron chi connectivity index (χ4n) is 2.46. The first-order valence-electron chi connectivity index (χ1n) is 9.30. The summed E-state index contributed by atoms with van der Waals surface area (Å²) in [5.74, 6) is -0.671. The minimum absolute atomic E-state index is 0.323. The molecule has 128 valence electrons. The summed E-state index contributed by atoms with van der Waals surface area (Å²) in [6, 6.07) is 0. The zero-order valence-corrected chi connectivity index (χ0v) is 14.6. The maximum atomic E-state index is 10.3. The standard InChI is InChI=1S/C20H36O2/c1-2-3-4-5-6-7-8-9-10-11-12-13-14-15-16-17-18-19-20(21)22/h9-12H,2-8,13-19H2,1H3,(H,21,22)/b10-9-,12-11+. The van der Waals surface area contributed by atoms with Crippen molar-refractivity contribution in [2.75, 3.05) is 0 Å². The fourth-order valence-corrected chi connectivity index (χ4v) is 2.46. The predicted octanol–water partition coefficient (Wildman–Crippen LogP) is 6.66. The Labute approximate surface area is 137 Å². The third-order valence-electron chi connectivity index (χ3n) is 3.87. The topological polar surface area (TPSA) is 37.3 Å². The first-order chi connectivity index (χ1) is 10.8. The molecule has 2 nitrogen and oxygen atoms in total. The molecule has 0 aliphatic rings. The van der Waals surface area contributed by atoms with E-state index in [9.17, 15) is 4.79 Å². The van der Waals surface area contributed by atoms with E-state index in [1.807, 2.05) is 0 Å². The normalized spacial score (nSPS) is 11.7. The van der Waals surface area contributed by atoms with Gasteiger partial charge in [-0.15, -0.1) is 0 Å². The molecule has 0 bridgehead atoms. The van der Waals surface area contributed by atoms with Crippen LogP contribution < -0.4 is 0 Å². The van der Waals surface area contributed by atoms with Gasteiger partial charge in [-0.1, -0.05) is 82.6 Å². The lowest BCUT2D eigenvalue weighted by Gasteiger charge is -1.98. The van der Waals surface area contributed by atoms with Crippen molar-refractivity contribution in [3.63, 3.8) is 0 Å². The molecule has 0 saturated heterocycles. The molecule has 2 heteroatoms. The molecule has 0 aromatic heterocycles. The highest BCUT2D eigenvalue weighted by atomic mass is 16.4. The molecule has 0 aliphatic carbocycles. The number of rotatable bonds is 16. The molecule has 1 N–H and O–H groups in total. The third kappa shape index (κ3) is 18.9. The van der Waals surface area contributed by atoms with Crippen molar-refractivity contribution in [1.82, 2.24) is 0 Å². The minimum Gasteiger partial charge on any atom is -0.481 e. The largest absolute Gasteiger partial charge is 0.481 e. The van der Waals surface area contributed by atoms with Crippen LogP contribution in [0.1, 0.15) is 96.8 Å². The molecule has 0 saturated carbocycles. The molecule has 22 heavy (non-hydrogen) atoms. The molecule has 0 unspecified atom stereocenters. The van der Waals surface area contributed by atoms with Crippen molar-refractivity contribution in [3.8, 4) is 0 Å². The SMILES string of the molecule is CCCCCCCC/C=C\C=C\CCCCCCCC(=O)O. The van der Waals surface area contributed by atoms with Crippen molar-refractivity contribution >= 4 is 5.97 Å². The molecule has 0 rings (SSSR count). The first kappa shape index (κ1) is 20.9. The predicted molar refractivity (Wildman–Crippen MR) is 96.2 cm³/mol. The number of carboxylic acids is 1. The maximum absolute atomic E-state index is 10.3. The smallest absolute Gasteiger partial charge is 0.303 e. The van der Waals surface area contributed by atoms with Gasteiger partial charge in [0.1, 0.15) is 0 Å². The van der Waals surface area contributed by atoms with Gasteiger partial charge in [0, 0.05) is 6.42 Å². The average Bonchev–Trinajstić information content (AvgIpc) is 2.50. The quantitative estimate of drug-likeness (QED) is 0.255. The first-order valence-corrected chi connectivity index (χ1v) is 9.30. The summed E-state index contributed by atoms with van der Waals surface area (Å²) in [5.41, 5.74) is 0. The van der Waals surface area contributed by atoms with Gasteiger partial charge < -0.3 is 5.11 Å². The van der Waals surface area contributed by atoms with Crippen molar-refractivity contribution in [3.05, 3.63) is 24.3 Å². The molecule has 0 radical (unpaired) electrons. The van der Waals surface area contributed by atoms with E-state index in [0.717, 1.165) is 25.7 Å². The lowest BCUT2D eigenvalue weighted by atomic mass is 10.1. The van der Waals surface area contributed by atoms with Crippen LogP contribution in [0.25, 0.3) is 0 Å². The van der Waals surface area contributed by atoms with Gasteiger partial charge in [0.05, 0.1) is 0 Å². The summed E-state index contributed by atoms with van der Waals surface area (Å²) >= 11 is 0. The van der Waals surface area contributed by atoms with Gasteiger partial charge in [-0.05, 0) is 32.1 Å². The highest BCUT2D eigenvalue weighted by Gasteiger charge is 1.95. The molecule has 0 aliphatic heterocycles. The Balaban J connectivity index is 3.19. The Morgan fingerprint density at radius 3 is 1.68 bits per heavy atom. The molecule has 0 fully saturated rings. The summed E-state index contributed by atoms with van der Waals surface area (Å²) in [4.78, 5) is 10.3. The summed E-state index contributed by atoms with van der Waals surface area (Å²) < 4.78 is 0. The van der Waals surface area contributed by atoms with E-state index in [4.69, 9.17) is 5.11 Å². The molecular weight excluding hydrogens is 272 g/mol. The number of carbonyl (C=O) groups is 1. The third-order valence-corrected chi connectivity index (χ3v) is 3.87. The zero-order valence-electron chi connectivity index (χ0n) is 14.6. The van der Waals surface area contributed by atoms with Crippen LogP contribution in [0.4, 0.5) is 0 Å². The fraction of sp³-hybridized carbons (Fsp3) is 0.750. The summed E-state index contributed by atoms with van der Waals surface area (Å²) in [7, 11) is 0. The van der Waals surface area contributed by atoms with Crippen LogP contribution in [0.3, 0.4) is 0 Å². The number of aliphatic carboxylic acids is 1. The minimum atomic E-state index is -0.671. The number of unbranched alkanes of at least 4 members (excludes halogenated alkanes) is 11. The molecule has 0 aromatic rings. The highest BCUT2D eigenvalue weighted by Crippen LogP contribution is 2.08. The lowest BCUT2D eigenvalue weighted by molar-refractivity contribution is -0.137. The lowest BCUT2D eigenvalue weighted by Crippen LogP contribution is -1.93. The van der Waals surface area contributed by atoms with Crippen LogP contribution in [-0.4, -0.2) is 11.1 Å². The van der Waals surface area contributed by atoms with Gasteiger partial charge in [-0.2, -0.15) is 0 Å². The van der Waals surface area contributed by atoms with Gasteiger partial charge in [0.25, 0.3) is 0 Å². The molecule has 0 heterocycles. The van der Waals surface area contributed by atoms with Crippen LogP contribution in [0, 0.1) is 0 Å². The highest BCUT2D eigenvalue weighted by molar-refractivity contribution is 5.66. The summed E-state index contributed by atoms with van der Waals surface area (Å²) in [6.07, 6.45) is 25.2. The molecule has 0 atom stereocenters. The Hall–Kier alpha value is -1.05. The number of hydrogen-bond donors (Lipinski definition) is 1. The number of allylic oxidation sites excluding steroid dienone is 4. The van der Waals surface area contributed by atoms with E-state index in [2.05, 4.69) is 31.2 Å². The van der Waals surface area contributed by atoms with Crippen LogP contribution in [-0.2, 0) is 4.79 Å². The van der Waals surface area contributed by atoms with Gasteiger partial charge in [-0.25, -0.2) is 0 Å². The Morgan fingerprint density at radius 1 is 0.727 bits per heavy atom. The Morgan fingerprint density at radius 2 is 1.18 bits per heavy atom. The summed E-state index contributed by atoms with van der Waals surface area (Å²) in [6.45, 7) is 2.26. The van der Waals surface area contributed by atoms with Gasteiger partial charge in [0.2, 0.25) is 0 Å². The van der Waals surface area contributed by atoms with Gasteiger partial charge in [0.15, 0.2) is 0 Å². The van der Waals surface area contributed by atoms with E-state index >= 15 is 0 Å². The van der Waals surface area contributed by atoms with E-state index in [0.29, 0.717) is 6.42 Å². The molecule has 0 amide bonds. The van der Waals surface area contributed by atoms with E-state index in [1.54, 1.807) is 0 Å². The van der Waals surface area contributed by atoms with E-state index in [1.165, 1.54) is 57.8 Å². The van der Waals surface area contributed by atoms with Crippen molar-refractivity contribution < 1.29 is 9.90 Å². The Bertz CT molecular complexity index is 292. The van der Waals surface area contributed by atoms with Crippen molar-refractivity contribution in [2.45, 2.75) is 96.8 Å². The average molecular weight is 309 g/mol. The van der Waals surface area contributed by atoms with Gasteiger partial charge in [-0.3, -0.25) is 4.79 Å². The van der Waals surface area contributed by atoms with Crippen molar-refractivity contribution in [1.29, 1.82) is 0 Å². The molecular formula is C20H36O2.